The highest BCUT2D eigenvalue weighted by atomic mass is 14.7. The van der Waals surface area contributed by atoms with Gasteiger partial charge in [-0.1, -0.05) is 6.07 Å². The van der Waals surface area contributed by atoms with Crippen LogP contribution in [0.2, 0.25) is 0 Å². The predicted octanol–water partition coefficient (Wildman–Crippen LogP) is 2.73. The van der Waals surface area contributed by atoms with E-state index in [1.165, 1.54) is 34.2 Å². The summed E-state index contributed by atoms with van der Waals surface area (Å²) in [5.41, 5.74) is 13.2. The van der Waals surface area contributed by atoms with Gasteiger partial charge in [0.15, 0.2) is 0 Å². The summed E-state index contributed by atoms with van der Waals surface area (Å²) in [6, 6.07) is 2.69. The minimum absolute atomic E-state index is 0.411. The van der Waals surface area contributed by atoms with Crippen molar-refractivity contribution in [2.75, 3.05) is 0 Å². The molecule has 0 aromatic heterocycles. The van der Waals surface area contributed by atoms with Gasteiger partial charge in [-0.2, -0.15) is 0 Å². The molecule has 1 aliphatic rings. The fraction of sp³-hybridized carbons (Fsp3) is 0.538. The average Bonchev–Trinajstić information content (AvgIpc) is 2.80. The first kappa shape index (κ1) is 9.72. The van der Waals surface area contributed by atoms with E-state index in [0.29, 0.717) is 12.0 Å². The van der Waals surface area contributed by atoms with Crippen molar-refractivity contribution in [3.63, 3.8) is 0 Å². The Kier molecular flexibility index (Phi) is 2.15. The second kappa shape index (κ2) is 3.09. The van der Waals surface area contributed by atoms with Crippen LogP contribution in [0.25, 0.3) is 0 Å². The number of aryl methyl sites for hydroxylation is 2. The Labute approximate surface area is 86.3 Å². The molecule has 0 spiro atoms. The third kappa shape index (κ3) is 1.36. The molecular formula is C13H19N. The summed E-state index contributed by atoms with van der Waals surface area (Å²) in [6.45, 7) is 8.84. The maximum Gasteiger partial charge on any atom is 0.0115 e. The SMILES string of the molecule is Cc1cc(C)c(C)c(C2CC2N)c1C. The molecule has 2 unspecified atom stereocenters. The molecule has 14 heavy (non-hydrogen) atoms. The summed E-state index contributed by atoms with van der Waals surface area (Å²) in [6.07, 6.45) is 1.17. The second-order valence-corrected chi connectivity index (χ2v) is 4.68. The Morgan fingerprint density at radius 3 is 1.86 bits per heavy atom. The summed E-state index contributed by atoms with van der Waals surface area (Å²) in [7, 11) is 0. The highest BCUT2D eigenvalue weighted by molar-refractivity contribution is 5.48. The lowest BCUT2D eigenvalue weighted by Crippen LogP contribution is -2.05. The molecular weight excluding hydrogens is 170 g/mol. The van der Waals surface area contributed by atoms with Gasteiger partial charge >= 0.3 is 0 Å². The Balaban J connectivity index is 2.56. The van der Waals surface area contributed by atoms with Crippen LogP contribution >= 0.6 is 0 Å². The molecule has 1 aliphatic carbocycles. The third-order valence-corrected chi connectivity index (χ3v) is 3.63. The number of hydrogen-bond acceptors (Lipinski definition) is 1. The Bertz CT molecular complexity index is 353. The molecule has 0 radical (unpaired) electrons. The van der Waals surface area contributed by atoms with Gasteiger partial charge in [-0.15, -0.1) is 0 Å². The average molecular weight is 189 g/mol. The van der Waals surface area contributed by atoms with E-state index in [4.69, 9.17) is 5.73 Å². The number of benzene rings is 1. The van der Waals surface area contributed by atoms with Crippen molar-refractivity contribution in [3.8, 4) is 0 Å². The molecule has 2 atom stereocenters. The van der Waals surface area contributed by atoms with Crippen molar-refractivity contribution >= 4 is 0 Å². The van der Waals surface area contributed by atoms with Crippen molar-refractivity contribution in [2.24, 2.45) is 5.73 Å². The summed E-state index contributed by atoms with van der Waals surface area (Å²) in [4.78, 5) is 0. The standard InChI is InChI=1S/C13H19N/c1-7-5-8(2)10(4)13(9(7)3)11-6-12(11)14/h5,11-12H,6,14H2,1-4H3. The van der Waals surface area contributed by atoms with Crippen LogP contribution in [0.3, 0.4) is 0 Å². The normalized spacial score (nSPS) is 25.2. The van der Waals surface area contributed by atoms with Crippen LogP contribution in [-0.2, 0) is 0 Å². The molecule has 1 aromatic rings. The predicted molar refractivity (Wildman–Crippen MR) is 60.7 cm³/mol. The molecule has 2 rings (SSSR count). The van der Waals surface area contributed by atoms with Crippen LogP contribution in [0.4, 0.5) is 0 Å². The van der Waals surface area contributed by atoms with Gasteiger partial charge in [0.1, 0.15) is 0 Å². The fourth-order valence-electron chi connectivity index (χ4n) is 2.35. The molecule has 0 aliphatic heterocycles. The lowest BCUT2D eigenvalue weighted by atomic mass is 9.91. The smallest absolute Gasteiger partial charge is 0.0115 e. The number of rotatable bonds is 1. The lowest BCUT2D eigenvalue weighted by molar-refractivity contribution is 0.959. The zero-order chi connectivity index (χ0) is 10.5. The molecule has 0 heterocycles. The minimum atomic E-state index is 0.411. The highest BCUT2D eigenvalue weighted by Crippen LogP contribution is 2.43. The summed E-state index contributed by atoms with van der Waals surface area (Å²) < 4.78 is 0. The van der Waals surface area contributed by atoms with E-state index >= 15 is 0 Å². The first-order chi connectivity index (χ1) is 6.52. The maximum absolute atomic E-state index is 5.94. The molecule has 1 nitrogen and oxygen atoms in total. The van der Waals surface area contributed by atoms with Gasteiger partial charge in [-0.05, 0) is 61.9 Å². The van der Waals surface area contributed by atoms with Crippen molar-refractivity contribution in [3.05, 3.63) is 33.9 Å². The summed E-state index contributed by atoms with van der Waals surface area (Å²) >= 11 is 0. The summed E-state index contributed by atoms with van der Waals surface area (Å²) in [5, 5.41) is 0. The topological polar surface area (TPSA) is 26.0 Å². The monoisotopic (exact) mass is 189 g/mol. The van der Waals surface area contributed by atoms with E-state index in [2.05, 4.69) is 33.8 Å². The van der Waals surface area contributed by atoms with Gasteiger partial charge in [-0.25, -0.2) is 0 Å². The molecule has 0 amide bonds. The molecule has 1 heteroatoms. The van der Waals surface area contributed by atoms with Gasteiger partial charge < -0.3 is 5.73 Å². The van der Waals surface area contributed by atoms with Crippen LogP contribution < -0.4 is 5.73 Å². The van der Waals surface area contributed by atoms with Crippen molar-refractivity contribution in [2.45, 2.75) is 46.1 Å². The first-order valence-electron chi connectivity index (χ1n) is 5.35. The van der Waals surface area contributed by atoms with Gasteiger partial charge in [0.25, 0.3) is 0 Å². The Morgan fingerprint density at radius 2 is 1.50 bits per heavy atom. The van der Waals surface area contributed by atoms with E-state index in [1.54, 1.807) is 0 Å². The van der Waals surface area contributed by atoms with Crippen molar-refractivity contribution < 1.29 is 0 Å². The first-order valence-corrected chi connectivity index (χ1v) is 5.35. The van der Waals surface area contributed by atoms with E-state index in [1.807, 2.05) is 0 Å². The second-order valence-electron chi connectivity index (χ2n) is 4.68. The van der Waals surface area contributed by atoms with Gasteiger partial charge in [0.05, 0.1) is 0 Å². The Morgan fingerprint density at radius 1 is 1.07 bits per heavy atom. The van der Waals surface area contributed by atoms with E-state index in [-0.39, 0.29) is 0 Å². The number of hydrogen-bond donors (Lipinski definition) is 1. The van der Waals surface area contributed by atoms with E-state index in [0.717, 1.165) is 0 Å². The molecule has 1 saturated carbocycles. The molecule has 0 bridgehead atoms. The molecule has 0 saturated heterocycles. The van der Waals surface area contributed by atoms with Crippen molar-refractivity contribution in [1.82, 2.24) is 0 Å². The van der Waals surface area contributed by atoms with E-state index in [9.17, 15) is 0 Å². The van der Waals surface area contributed by atoms with Crippen LogP contribution in [-0.4, -0.2) is 6.04 Å². The minimum Gasteiger partial charge on any atom is -0.327 e. The van der Waals surface area contributed by atoms with Gasteiger partial charge in [0.2, 0.25) is 0 Å². The van der Waals surface area contributed by atoms with Crippen LogP contribution in [0.5, 0.6) is 0 Å². The quantitative estimate of drug-likeness (QED) is 0.722. The van der Waals surface area contributed by atoms with Crippen LogP contribution in [0.15, 0.2) is 6.07 Å². The summed E-state index contributed by atoms with van der Waals surface area (Å²) in [5.74, 6) is 0.633. The maximum atomic E-state index is 5.94. The molecule has 76 valence electrons. The molecule has 1 fully saturated rings. The van der Waals surface area contributed by atoms with Gasteiger partial charge in [0, 0.05) is 12.0 Å². The fourth-order valence-corrected chi connectivity index (χ4v) is 2.35. The van der Waals surface area contributed by atoms with Gasteiger partial charge in [-0.3, -0.25) is 0 Å². The van der Waals surface area contributed by atoms with Crippen molar-refractivity contribution in [1.29, 1.82) is 0 Å². The van der Waals surface area contributed by atoms with Crippen LogP contribution in [0.1, 0.15) is 40.2 Å². The number of nitrogens with two attached hydrogens (primary N) is 1. The lowest BCUT2D eigenvalue weighted by Gasteiger charge is -2.14. The zero-order valence-corrected chi connectivity index (χ0v) is 9.52. The highest BCUT2D eigenvalue weighted by Gasteiger charge is 2.37. The Hall–Kier alpha value is -0.820. The van der Waals surface area contributed by atoms with E-state index < -0.39 is 0 Å². The van der Waals surface area contributed by atoms with Crippen LogP contribution in [0, 0.1) is 27.7 Å². The molecule has 1 aromatic carbocycles. The molecule has 2 N–H and O–H groups in total. The largest absolute Gasteiger partial charge is 0.327 e. The third-order valence-electron chi connectivity index (χ3n) is 3.63. The zero-order valence-electron chi connectivity index (χ0n) is 9.52.